The van der Waals surface area contributed by atoms with Gasteiger partial charge >= 0.3 is 29.6 Å². The summed E-state index contributed by atoms with van der Waals surface area (Å²) in [6, 6.07) is 0. The van der Waals surface area contributed by atoms with E-state index >= 15 is 0 Å². The Morgan fingerprint density at radius 3 is 2.00 bits per heavy atom. The van der Waals surface area contributed by atoms with Crippen molar-refractivity contribution in [3.63, 3.8) is 0 Å². The summed E-state index contributed by atoms with van der Waals surface area (Å²) in [4.78, 5) is 10.3. The Kier molecular flexibility index (Phi) is 5.48. The fraction of sp³-hybridized carbons (Fsp3) is 0.833. The molecule has 7 nitrogen and oxygen atoms in total. The number of ether oxygens (including phenoxy) is 1. The van der Waals surface area contributed by atoms with Gasteiger partial charge in [0, 0.05) is 0 Å². The van der Waals surface area contributed by atoms with E-state index < -0.39 is 36.7 Å². The average Bonchev–Trinajstić information content (AvgIpc) is 2.07. The molecule has 1 aliphatic heterocycles. The van der Waals surface area contributed by atoms with Gasteiger partial charge in [-0.15, -0.1) is 0 Å². The van der Waals surface area contributed by atoms with Gasteiger partial charge < -0.3 is 35.1 Å². The van der Waals surface area contributed by atoms with Gasteiger partial charge in [-0.3, -0.25) is 0 Å². The Balaban J connectivity index is 0.00000169. The fourth-order valence-corrected chi connectivity index (χ4v) is 1.06. The zero-order valence-electron chi connectivity index (χ0n) is 7.40. The second-order valence-electron chi connectivity index (χ2n) is 2.74. The molecular weight excluding hydrogens is 207 g/mol. The van der Waals surface area contributed by atoms with Crippen LogP contribution in [0.3, 0.4) is 0 Å². The van der Waals surface area contributed by atoms with Crippen molar-refractivity contribution in [1.29, 1.82) is 0 Å². The van der Waals surface area contributed by atoms with E-state index in [2.05, 4.69) is 4.74 Å². The van der Waals surface area contributed by atoms with E-state index in [1.165, 1.54) is 0 Å². The van der Waals surface area contributed by atoms with Crippen LogP contribution < -0.4 is 34.7 Å². The number of hydrogen-bond donors (Lipinski definition) is 4. The Morgan fingerprint density at radius 1 is 1.07 bits per heavy atom. The molecule has 1 saturated heterocycles. The monoisotopic (exact) mass is 216 g/mol. The van der Waals surface area contributed by atoms with Gasteiger partial charge in [0.25, 0.3) is 0 Å². The summed E-state index contributed by atoms with van der Waals surface area (Å²) in [6.07, 6.45) is -9.00. The van der Waals surface area contributed by atoms with E-state index in [0.717, 1.165) is 0 Å². The van der Waals surface area contributed by atoms with Crippen LogP contribution in [-0.4, -0.2) is 57.1 Å². The normalized spacial score (nSPS) is 42.7. The van der Waals surface area contributed by atoms with Crippen molar-refractivity contribution < 1.29 is 64.6 Å². The van der Waals surface area contributed by atoms with Gasteiger partial charge in [-0.1, -0.05) is 0 Å². The van der Waals surface area contributed by atoms with Crippen LogP contribution in [0.15, 0.2) is 0 Å². The van der Waals surface area contributed by atoms with E-state index in [1.54, 1.807) is 0 Å². The van der Waals surface area contributed by atoms with E-state index in [-0.39, 0.29) is 29.6 Å². The number of hydrogen-bond acceptors (Lipinski definition) is 7. The molecule has 1 aliphatic rings. The predicted octanol–water partition coefficient (Wildman–Crippen LogP) is -7.46. The number of aliphatic carboxylic acids is 1. The number of aliphatic hydroxyl groups excluding tert-OH is 4. The van der Waals surface area contributed by atoms with E-state index in [1.807, 2.05) is 0 Å². The number of carbonyl (C=O) groups excluding carboxylic acids is 1. The van der Waals surface area contributed by atoms with Crippen molar-refractivity contribution in [2.75, 3.05) is 0 Å². The molecule has 1 rings (SSSR count). The van der Waals surface area contributed by atoms with Crippen LogP contribution in [0.5, 0.6) is 0 Å². The molecule has 0 aromatic carbocycles. The fourth-order valence-electron chi connectivity index (χ4n) is 1.06. The van der Waals surface area contributed by atoms with Crippen molar-refractivity contribution in [2.45, 2.75) is 30.7 Å². The second kappa shape index (κ2) is 5.38. The first-order valence-electron chi connectivity index (χ1n) is 3.53. The molecule has 0 saturated carbocycles. The summed E-state index contributed by atoms with van der Waals surface area (Å²) in [6.45, 7) is 0. The number of aliphatic hydroxyl groups is 4. The maximum absolute atomic E-state index is 10.3. The molecule has 4 N–H and O–H groups in total. The van der Waals surface area contributed by atoms with Crippen molar-refractivity contribution in [1.82, 2.24) is 0 Å². The van der Waals surface area contributed by atoms with Gasteiger partial charge in [0.1, 0.15) is 24.4 Å². The van der Waals surface area contributed by atoms with Crippen LogP contribution in [0, 0.1) is 0 Å². The molecule has 3 unspecified atom stereocenters. The van der Waals surface area contributed by atoms with Crippen molar-refractivity contribution >= 4 is 5.97 Å². The molecule has 0 amide bonds. The molecule has 0 spiro atoms. The first kappa shape index (κ1) is 14.3. The quantitative estimate of drug-likeness (QED) is 0.320. The van der Waals surface area contributed by atoms with Gasteiger partial charge in [0.05, 0.1) is 5.97 Å². The minimum atomic E-state index is -1.85. The van der Waals surface area contributed by atoms with Crippen molar-refractivity contribution in [3.05, 3.63) is 0 Å². The van der Waals surface area contributed by atoms with Crippen LogP contribution >= 0.6 is 0 Å². The first-order chi connectivity index (χ1) is 5.95. The molecule has 76 valence electrons. The van der Waals surface area contributed by atoms with E-state index in [4.69, 9.17) is 20.4 Å². The molecule has 1 heterocycles. The Bertz CT molecular complexity index is 210. The molecule has 0 radical (unpaired) electrons. The molecule has 1 fully saturated rings. The minimum absolute atomic E-state index is 0. The number of rotatable bonds is 1. The van der Waals surface area contributed by atoms with E-state index in [0.29, 0.717) is 0 Å². The largest absolute Gasteiger partial charge is 1.00 e. The SMILES string of the molecule is O=C([O-])C1OC(O)C(O)[C@H](O)[C@H]1O.[Na+]. The number of carboxylic acids is 1. The van der Waals surface area contributed by atoms with Crippen molar-refractivity contribution in [3.8, 4) is 0 Å². The van der Waals surface area contributed by atoms with E-state index in [9.17, 15) is 9.90 Å². The van der Waals surface area contributed by atoms with Crippen LogP contribution in [0.25, 0.3) is 0 Å². The third-order valence-corrected chi connectivity index (χ3v) is 1.82. The maximum Gasteiger partial charge on any atom is 1.00 e. The zero-order chi connectivity index (χ0) is 10.2. The molecular formula is C6H9NaO7. The standard InChI is InChI=1S/C6H10O7.Na/c7-1-2(8)4(5(10)11)13-6(12)3(1)9;/h1-4,6-9,12H,(H,10,11);/q;+1/p-1/t1-,2-,3?,4?,6?;/m1./s1. The van der Waals surface area contributed by atoms with Gasteiger partial charge in [-0.05, 0) is 0 Å². The van der Waals surface area contributed by atoms with Gasteiger partial charge in [-0.2, -0.15) is 0 Å². The molecule has 0 bridgehead atoms. The number of carbonyl (C=O) groups is 1. The second-order valence-corrected chi connectivity index (χ2v) is 2.74. The Morgan fingerprint density at radius 2 is 1.57 bits per heavy atom. The van der Waals surface area contributed by atoms with Gasteiger partial charge in [0.2, 0.25) is 0 Å². The van der Waals surface area contributed by atoms with Gasteiger partial charge in [-0.25, -0.2) is 0 Å². The predicted molar refractivity (Wildman–Crippen MR) is 33.9 cm³/mol. The summed E-state index contributed by atoms with van der Waals surface area (Å²) < 4.78 is 4.28. The van der Waals surface area contributed by atoms with Crippen LogP contribution in [0.2, 0.25) is 0 Å². The minimum Gasteiger partial charge on any atom is -0.547 e. The topological polar surface area (TPSA) is 130 Å². The van der Waals surface area contributed by atoms with Crippen LogP contribution in [-0.2, 0) is 9.53 Å². The summed E-state index contributed by atoms with van der Waals surface area (Å²) in [5.41, 5.74) is 0. The summed E-state index contributed by atoms with van der Waals surface area (Å²) in [5.74, 6) is -1.77. The molecule has 8 heteroatoms. The summed E-state index contributed by atoms with van der Waals surface area (Å²) in [5, 5.41) is 46.1. The molecule has 5 atom stereocenters. The Labute approximate surface area is 101 Å². The third kappa shape index (κ3) is 2.65. The molecule has 14 heavy (non-hydrogen) atoms. The first-order valence-corrected chi connectivity index (χ1v) is 3.53. The number of carboxylic acid groups (broad SMARTS) is 1. The van der Waals surface area contributed by atoms with Gasteiger partial charge in [0.15, 0.2) is 6.29 Å². The average molecular weight is 216 g/mol. The Hall–Kier alpha value is 0.270. The third-order valence-electron chi connectivity index (χ3n) is 1.82. The molecule has 0 aliphatic carbocycles. The van der Waals surface area contributed by atoms with Crippen LogP contribution in [0.1, 0.15) is 0 Å². The zero-order valence-corrected chi connectivity index (χ0v) is 9.40. The molecule has 0 aromatic rings. The maximum atomic E-state index is 10.3. The van der Waals surface area contributed by atoms with Crippen LogP contribution in [0.4, 0.5) is 0 Å². The summed E-state index contributed by atoms with van der Waals surface area (Å²) in [7, 11) is 0. The molecule has 0 aromatic heterocycles. The summed E-state index contributed by atoms with van der Waals surface area (Å²) >= 11 is 0. The smallest absolute Gasteiger partial charge is 0.547 e. The van der Waals surface area contributed by atoms with Crippen molar-refractivity contribution in [2.24, 2.45) is 0 Å².